The predicted octanol–water partition coefficient (Wildman–Crippen LogP) is 1.99. The number of rotatable bonds is 4. The molecule has 2 aromatic rings. The molecule has 0 bridgehead atoms. The van der Waals surface area contributed by atoms with E-state index in [1.807, 2.05) is 0 Å². The second kappa shape index (κ2) is 4.86. The van der Waals surface area contributed by atoms with Crippen molar-refractivity contribution in [1.82, 2.24) is 10.3 Å². The summed E-state index contributed by atoms with van der Waals surface area (Å²) in [5.74, 6) is 0. The van der Waals surface area contributed by atoms with Crippen LogP contribution < -0.4 is 5.32 Å². The molecule has 92 valence electrons. The van der Waals surface area contributed by atoms with E-state index in [2.05, 4.69) is 42.6 Å². The fourth-order valence-corrected chi connectivity index (χ4v) is 1.61. The Labute approximate surface area is 106 Å². The summed E-state index contributed by atoms with van der Waals surface area (Å²) in [5.41, 5.74) is 0.722. The molecule has 18 heavy (non-hydrogen) atoms. The maximum absolute atomic E-state index is 10.8. The number of aliphatic imine (C=N–C) groups is 1. The number of thiocarbonyl (C=S) groups is 1. The standard InChI is InChI=1S/C9H7N5O3S/c1-5(10-4-18)11-6-2-3-7(14(15)16)9-8(6)12-17-13-9/h2-3,5,11H,1H3. The number of nitro benzene ring substituents is 1. The molecule has 0 spiro atoms. The number of hydrogen-bond donors (Lipinski definition) is 1. The average molecular weight is 265 g/mol. The van der Waals surface area contributed by atoms with Crippen LogP contribution in [0.15, 0.2) is 21.8 Å². The third-order valence-electron chi connectivity index (χ3n) is 2.20. The van der Waals surface area contributed by atoms with Crippen LogP contribution in [0.5, 0.6) is 0 Å². The predicted molar refractivity (Wildman–Crippen MR) is 66.6 cm³/mol. The highest BCUT2D eigenvalue weighted by Crippen LogP contribution is 2.28. The van der Waals surface area contributed by atoms with Gasteiger partial charge in [-0.3, -0.25) is 10.1 Å². The zero-order valence-corrected chi connectivity index (χ0v) is 9.97. The molecule has 1 heterocycles. The number of fused-ring (bicyclic) bond motifs is 1. The lowest BCUT2D eigenvalue weighted by atomic mass is 10.2. The van der Waals surface area contributed by atoms with Crippen LogP contribution in [0.2, 0.25) is 0 Å². The monoisotopic (exact) mass is 265 g/mol. The molecule has 2 rings (SSSR count). The Bertz CT molecular complexity index is 649. The van der Waals surface area contributed by atoms with Crippen molar-refractivity contribution < 1.29 is 9.55 Å². The van der Waals surface area contributed by atoms with Gasteiger partial charge in [-0.25, -0.2) is 9.62 Å². The molecule has 1 aromatic carbocycles. The molecule has 1 unspecified atom stereocenters. The van der Waals surface area contributed by atoms with Crippen LogP contribution in [0, 0.1) is 10.1 Å². The van der Waals surface area contributed by atoms with Gasteiger partial charge in [0.05, 0.1) is 15.8 Å². The highest BCUT2D eigenvalue weighted by molar-refractivity contribution is 7.78. The molecule has 1 atom stereocenters. The van der Waals surface area contributed by atoms with Gasteiger partial charge in [-0.15, -0.1) is 0 Å². The Kier molecular flexibility index (Phi) is 3.26. The van der Waals surface area contributed by atoms with E-state index in [1.54, 1.807) is 6.92 Å². The lowest BCUT2D eigenvalue weighted by Gasteiger charge is -2.08. The molecular weight excluding hydrogens is 258 g/mol. The highest BCUT2D eigenvalue weighted by Gasteiger charge is 2.19. The number of benzene rings is 1. The number of nitrogens with zero attached hydrogens (tertiary/aromatic N) is 4. The Morgan fingerprint density at radius 3 is 2.94 bits per heavy atom. The average Bonchev–Trinajstić information content (AvgIpc) is 2.78. The number of aromatic nitrogens is 2. The van der Waals surface area contributed by atoms with Crippen LogP contribution in [0.4, 0.5) is 11.4 Å². The zero-order valence-electron chi connectivity index (χ0n) is 9.15. The van der Waals surface area contributed by atoms with E-state index >= 15 is 0 Å². The van der Waals surface area contributed by atoms with Crippen LogP contribution in [0.1, 0.15) is 6.92 Å². The van der Waals surface area contributed by atoms with Crippen molar-refractivity contribution in [2.24, 2.45) is 4.99 Å². The van der Waals surface area contributed by atoms with Crippen LogP contribution in [-0.4, -0.2) is 26.6 Å². The number of isothiocyanates is 1. The molecule has 0 aliphatic heterocycles. The molecule has 9 heteroatoms. The molecule has 0 saturated heterocycles. The molecule has 0 aliphatic carbocycles. The lowest BCUT2D eigenvalue weighted by molar-refractivity contribution is -0.383. The van der Waals surface area contributed by atoms with Crippen LogP contribution in [0.3, 0.4) is 0 Å². The minimum Gasteiger partial charge on any atom is -0.361 e. The summed E-state index contributed by atoms with van der Waals surface area (Å²) in [6, 6.07) is 2.84. The Morgan fingerprint density at radius 1 is 1.56 bits per heavy atom. The second-order valence-electron chi connectivity index (χ2n) is 3.39. The van der Waals surface area contributed by atoms with Crippen LogP contribution in [0.25, 0.3) is 11.0 Å². The maximum atomic E-state index is 10.8. The molecule has 1 N–H and O–H groups in total. The summed E-state index contributed by atoms with van der Waals surface area (Å²) < 4.78 is 4.53. The largest absolute Gasteiger partial charge is 0.361 e. The van der Waals surface area contributed by atoms with E-state index < -0.39 is 4.92 Å². The number of hydrogen-bond acceptors (Lipinski definition) is 8. The van der Waals surface area contributed by atoms with Crippen LogP contribution in [-0.2, 0) is 0 Å². The third kappa shape index (κ3) is 2.17. The highest BCUT2D eigenvalue weighted by atomic mass is 32.1. The van der Waals surface area contributed by atoms with Gasteiger partial charge in [0.25, 0.3) is 0 Å². The van der Waals surface area contributed by atoms with Gasteiger partial charge in [-0.1, -0.05) is 0 Å². The van der Waals surface area contributed by atoms with E-state index in [4.69, 9.17) is 0 Å². The normalized spacial score (nSPS) is 11.8. The molecule has 0 radical (unpaired) electrons. The summed E-state index contributed by atoms with van der Waals surface area (Å²) >= 11 is 4.49. The molecule has 0 fully saturated rings. The minimum atomic E-state index is -0.547. The Hall–Kier alpha value is -2.38. The van der Waals surface area contributed by atoms with E-state index in [0.29, 0.717) is 5.69 Å². The van der Waals surface area contributed by atoms with Gasteiger partial charge in [-0.2, -0.15) is 0 Å². The zero-order chi connectivity index (χ0) is 13.1. The van der Waals surface area contributed by atoms with E-state index in [9.17, 15) is 10.1 Å². The molecule has 8 nitrogen and oxygen atoms in total. The Morgan fingerprint density at radius 2 is 2.28 bits per heavy atom. The number of nitro groups is 1. The Balaban J connectivity index is 2.48. The minimum absolute atomic E-state index is 0.0866. The van der Waals surface area contributed by atoms with Gasteiger partial charge in [0.15, 0.2) is 5.52 Å². The van der Waals surface area contributed by atoms with Crippen molar-refractivity contribution in [3.05, 3.63) is 22.2 Å². The smallest absolute Gasteiger partial charge is 0.300 e. The molecule has 1 aromatic heterocycles. The van der Waals surface area contributed by atoms with Gasteiger partial charge in [0.2, 0.25) is 5.52 Å². The van der Waals surface area contributed by atoms with E-state index in [1.165, 1.54) is 12.1 Å². The van der Waals surface area contributed by atoms with Crippen molar-refractivity contribution in [3.8, 4) is 0 Å². The topological polar surface area (TPSA) is 106 Å². The second-order valence-corrected chi connectivity index (χ2v) is 3.57. The lowest BCUT2D eigenvalue weighted by Crippen LogP contribution is -2.12. The van der Waals surface area contributed by atoms with Gasteiger partial charge < -0.3 is 5.32 Å². The maximum Gasteiger partial charge on any atom is 0.300 e. The fourth-order valence-electron chi connectivity index (χ4n) is 1.45. The quantitative estimate of drug-likeness (QED) is 0.390. The molecular formula is C9H7N5O3S. The summed E-state index contributed by atoms with van der Waals surface area (Å²) in [6.07, 6.45) is -0.330. The first-order valence-corrected chi connectivity index (χ1v) is 5.27. The number of anilines is 1. The molecule has 0 saturated carbocycles. The van der Waals surface area contributed by atoms with Crippen molar-refractivity contribution >= 4 is 39.8 Å². The summed E-state index contributed by atoms with van der Waals surface area (Å²) in [6.45, 7) is 1.75. The van der Waals surface area contributed by atoms with Crippen molar-refractivity contribution in [3.63, 3.8) is 0 Å². The summed E-state index contributed by atoms with van der Waals surface area (Å²) in [5, 5.41) is 23.1. The van der Waals surface area contributed by atoms with E-state index in [0.717, 1.165) is 0 Å². The van der Waals surface area contributed by atoms with Gasteiger partial charge in [0, 0.05) is 6.07 Å². The van der Waals surface area contributed by atoms with E-state index in [-0.39, 0.29) is 22.9 Å². The number of non-ortho nitro benzene ring substituents is 1. The summed E-state index contributed by atoms with van der Waals surface area (Å²) in [7, 11) is 0. The first-order valence-electron chi connectivity index (χ1n) is 4.86. The summed E-state index contributed by atoms with van der Waals surface area (Å²) in [4.78, 5) is 14.0. The molecule has 0 amide bonds. The van der Waals surface area contributed by atoms with Crippen molar-refractivity contribution in [1.29, 1.82) is 0 Å². The first-order chi connectivity index (χ1) is 8.63. The fraction of sp³-hybridized carbons (Fsp3) is 0.222. The first kappa shape index (κ1) is 12.1. The number of nitrogens with one attached hydrogen (secondary N) is 1. The third-order valence-corrected chi connectivity index (χ3v) is 2.31. The molecule has 0 aliphatic rings. The van der Waals surface area contributed by atoms with Gasteiger partial charge in [-0.05, 0) is 35.5 Å². The van der Waals surface area contributed by atoms with Gasteiger partial charge >= 0.3 is 5.69 Å². The van der Waals surface area contributed by atoms with Crippen molar-refractivity contribution in [2.75, 3.05) is 5.32 Å². The van der Waals surface area contributed by atoms with Crippen LogP contribution >= 0.6 is 12.2 Å². The van der Waals surface area contributed by atoms with Gasteiger partial charge in [0.1, 0.15) is 6.17 Å². The van der Waals surface area contributed by atoms with Crippen molar-refractivity contribution in [2.45, 2.75) is 13.1 Å². The SMILES string of the molecule is CC(N=C=S)Nc1ccc([N+](=O)[O-])c2nonc12.